The Morgan fingerprint density at radius 2 is 1.97 bits per heavy atom. The van der Waals surface area contributed by atoms with Crippen LogP contribution < -0.4 is 11.1 Å². The summed E-state index contributed by atoms with van der Waals surface area (Å²) in [6, 6.07) is 12.3. The fourth-order valence-electron chi connectivity index (χ4n) is 6.31. The van der Waals surface area contributed by atoms with Gasteiger partial charge in [0.2, 0.25) is 0 Å². The topological polar surface area (TPSA) is 122 Å². The molecule has 3 saturated carbocycles. The molecule has 0 saturated heterocycles. The Balaban J connectivity index is 1.10. The summed E-state index contributed by atoms with van der Waals surface area (Å²) in [7, 11) is 0. The lowest BCUT2D eigenvalue weighted by Gasteiger charge is -2.24. The van der Waals surface area contributed by atoms with Crippen molar-refractivity contribution in [2.45, 2.75) is 50.4 Å². The highest BCUT2D eigenvalue weighted by atomic mass is 16.3. The zero-order valence-electron chi connectivity index (χ0n) is 19.5. The largest absolute Gasteiger partial charge is 0.390 e. The van der Waals surface area contributed by atoms with Crippen LogP contribution in [0.15, 0.2) is 48.9 Å². The van der Waals surface area contributed by atoms with E-state index in [0.717, 1.165) is 53.8 Å². The summed E-state index contributed by atoms with van der Waals surface area (Å²) in [5.41, 5.74) is 8.66. The number of nitrogen functional groups attached to an aromatic ring is 1. The third-order valence-electron chi connectivity index (χ3n) is 8.62. The highest BCUT2D eigenvalue weighted by Gasteiger charge is 2.70. The van der Waals surface area contributed by atoms with Crippen molar-refractivity contribution in [1.29, 1.82) is 0 Å². The fourth-order valence-corrected chi connectivity index (χ4v) is 6.31. The molecule has 180 valence electrons. The lowest BCUT2D eigenvalue weighted by molar-refractivity contribution is -0.0191. The van der Waals surface area contributed by atoms with E-state index >= 15 is 0 Å². The predicted molar refractivity (Wildman–Crippen MR) is 135 cm³/mol. The third kappa shape index (κ3) is 3.38. The highest BCUT2D eigenvalue weighted by Crippen LogP contribution is 2.69. The first-order valence-electron chi connectivity index (χ1n) is 12.6. The summed E-state index contributed by atoms with van der Waals surface area (Å²) < 4.78 is 1.98. The lowest BCUT2D eigenvalue weighted by Crippen LogP contribution is -2.34. The van der Waals surface area contributed by atoms with Gasteiger partial charge < -0.3 is 25.8 Å². The third-order valence-corrected chi connectivity index (χ3v) is 8.62. The van der Waals surface area contributed by atoms with E-state index in [2.05, 4.69) is 45.6 Å². The standard InChI is InChI=1S/C27H30N6O2/c28-25-18-8-10-33(26(18)31-14-30-25)22-19-12-27(19,24(35)23(22)34)9-7-15-3-4-17-5-6-21(32-20(17)11-15)29-13-16-1-2-16/h3-6,8,10-11,14,16,19,22-24,34-35H,1-2,7,9,12-13H2,(H,29,32)(H2,28,30,31)/t19-,22-,23+,24+,27+/m1/s1. The zero-order chi connectivity index (χ0) is 23.7. The van der Waals surface area contributed by atoms with E-state index in [-0.39, 0.29) is 17.4 Å². The van der Waals surface area contributed by atoms with Crippen LogP contribution in [0.3, 0.4) is 0 Å². The number of benzene rings is 1. The average Bonchev–Trinajstić information content (AvgIpc) is 3.77. The van der Waals surface area contributed by atoms with E-state index in [1.165, 1.54) is 24.7 Å². The Hall–Kier alpha value is -3.23. The maximum Gasteiger partial charge on any atom is 0.145 e. The molecule has 0 spiro atoms. The monoisotopic (exact) mass is 470 g/mol. The van der Waals surface area contributed by atoms with Crippen molar-refractivity contribution >= 4 is 33.6 Å². The number of nitrogens with two attached hydrogens (primary N) is 1. The van der Waals surface area contributed by atoms with Gasteiger partial charge in [0, 0.05) is 23.5 Å². The Morgan fingerprint density at radius 3 is 2.83 bits per heavy atom. The molecular weight excluding hydrogens is 440 g/mol. The van der Waals surface area contributed by atoms with Crippen LogP contribution in [0.1, 0.15) is 37.3 Å². The average molecular weight is 471 g/mol. The van der Waals surface area contributed by atoms with Crippen molar-refractivity contribution in [2.24, 2.45) is 17.3 Å². The van der Waals surface area contributed by atoms with E-state index in [1.54, 1.807) is 0 Å². The van der Waals surface area contributed by atoms with Gasteiger partial charge in [-0.05, 0) is 73.8 Å². The number of aromatic nitrogens is 4. The Kier molecular flexibility index (Phi) is 4.60. The van der Waals surface area contributed by atoms with Gasteiger partial charge in [0.05, 0.1) is 23.0 Å². The predicted octanol–water partition coefficient (Wildman–Crippen LogP) is 3.30. The van der Waals surface area contributed by atoms with Crippen molar-refractivity contribution in [1.82, 2.24) is 19.5 Å². The molecule has 35 heavy (non-hydrogen) atoms. The molecule has 5 N–H and O–H groups in total. The van der Waals surface area contributed by atoms with Crippen molar-refractivity contribution < 1.29 is 10.2 Å². The van der Waals surface area contributed by atoms with Crippen LogP contribution in [0.5, 0.6) is 0 Å². The number of aliphatic hydroxyl groups excluding tert-OH is 2. The quantitative estimate of drug-likeness (QED) is 0.327. The molecule has 3 fully saturated rings. The molecule has 0 unspecified atom stereocenters. The first-order valence-corrected chi connectivity index (χ1v) is 12.6. The summed E-state index contributed by atoms with van der Waals surface area (Å²) in [4.78, 5) is 13.3. The normalized spacial score (nSPS) is 29.5. The molecule has 0 radical (unpaired) electrons. The van der Waals surface area contributed by atoms with Crippen molar-refractivity contribution in [3.8, 4) is 0 Å². The van der Waals surface area contributed by atoms with Crippen LogP contribution in [0.2, 0.25) is 0 Å². The number of hydrogen-bond donors (Lipinski definition) is 4. The number of hydrogen-bond acceptors (Lipinski definition) is 7. The zero-order valence-corrected chi connectivity index (χ0v) is 19.5. The van der Waals surface area contributed by atoms with Gasteiger partial charge in [0.15, 0.2) is 0 Å². The number of nitrogens with zero attached hydrogens (tertiary/aromatic N) is 4. The Bertz CT molecular complexity index is 1430. The van der Waals surface area contributed by atoms with Crippen LogP contribution >= 0.6 is 0 Å². The number of aliphatic hydroxyl groups is 2. The number of fused-ring (bicyclic) bond motifs is 3. The number of anilines is 2. The van der Waals surface area contributed by atoms with E-state index in [1.807, 2.05) is 16.8 Å². The van der Waals surface area contributed by atoms with E-state index in [4.69, 9.17) is 10.7 Å². The summed E-state index contributed by atoms with van der Waals surface area (Å²) in [6.45, 7) is 0.999. The van der Waals surface area contributed by atoms with Crippen molar-refractivity contribution in [3.05, 3.63) is 54.5 Å². The molecule has 8 heteroatoms. The van der Waals surface area contributed by atoms with Crippen LogP contribution in [0.25, 0.3) is 21.9 Å². The fraction of sp³-hybridized carbons (Fsp3) is 0.444. The Morgan fingerprint density at radius 1 is 1.11 bits per heavy atom. The van der Waals surface area contributed by atoms with Gasteiger partial charge in [-0.1, -0.05) is 12.1 Å². The number of nitrogens with one attached hydrogen (secondary N) is 1. The van der Waals surface area contributed by atoms with Crippen molar-refractivity contribution in [2.75, 3.05) is 17.6 Å². The first kappa shape index (κ1) is 21.1. The maximum atomic E-state index is 11.1. The summed E-state index contributed by atoms with van der Waals surface area (Å²) in [5.74, 6) is 2.37. The molecule has 8 nitrogen and oxygen atoms in total. The van der Waals surface area contributed by atoms with Gasteiger partial charge in [-0.15, -0.1) is 0 Å². The molecule has 3 aromatic heterocycles. The smallest absolute Gasteiger partial charge is 0.145 e. The molecule has 1 aromatic carbocycles. The van der Waals surface area contributed by atoms with Crippen molar-refractivity contribution in [3.63, 3.8) is 0 Å². The molecule has 0 bridgehead atoms. The molecule has 4 aromatic rings. The lowest BCUT2D eigenvalue weighted by atomic mass is 9.91. The second-order valence-corrected chi connectivity index (χ2v) is 10.7. The maximum absolute atomic E-state index is 11.1. The van der Waals surface area contributed by atoms with Crippen LogP contribution in [0, 0.1) is 17.3 Å². The van der Waals surface area contributed by atoms with Crippen LogP contribution in [0.4, 0.5) is 11.6 Å². The van der Waals surface area contributed by atoms with Gasteiger partial charge in [0.25, 0.3) is 0 Å². The number of aryl methyl sites for hydroxylation is 1. The van der Waals surface area contributed by atoms with Gasteiger partial charge in [0.1, 0.15) is 29.7 Å². The molecule has 3 heterocycles. The second kappa shape index (κ2) is 7.63. The van der Waals surface area contributed by atoms with E-state index in [9.17, 15) is 10.2 Å². The number of rotatable bonds is 7. The van der Waals surface area contributed by atoms with Gasteiger partial charge >= 0.3 is 0 Å². The highest BCUT2D eigenvalue weighted by molar-refractivity contribution is 5.86. The van der Waals surface area contributed by atoms with Crippen LogP contribution in [-0.4, -0.2) is 48.5 Å². The van der Waals surface area contributed by atoms with E-state index < -0.39 is 12.2 Å². The molecule has 5 atom stereocenters. The van der Waals surface area contributed by atoms with Gasteiger partial charge in [-0.2, -0.15) is 0 Å². The first-order chi connectivity index (χ1) is 17.0. The molecule has 3 aliphatic carbocycles. The summed E-state index contributed by atoms with van der Waals surface area (Å²) >= 11 is 0. The molecule has 0 aliphatic heterocycles. The van der Waals surface area contributed by atoms with E-state index in [0.29, 0.717) is 11.5 Å². The molecular formula is C27H30N6O2. The van der Waals surface area contributed by atoms with Crippen LogP contribution in [-0.2, 0) is 6.42 Å². The minimum atomic E-state index is -0.834. The second-order valence-electron chi connectivity index (χ2n) is 10.7. The minimum absolute atomic E-state index is 0.205. The SMILES string of the molecule is Nc1ncnc2c1ccn2[C@H]1[C@H](O)[C@H](O)[C@@]2(CCc3ccc4ccc(NCC5CC5)nc4c3)C[C@H]12. The summed E-state index contributed by atoms with van der Waals surface area (Å²) in [5, 5.41) is 27.5. The van der Waals surface area contributed by atoms with Gasteiger partial charge in [-0.3, -0.25) is 0 Å². The molecule has 0 amide bonds. The minimum Gasteiger partial charge on any atom is -0.390 e. The summed E-state index contributed by atoms with van der Waals surface area (Å²) in [6.07, 6.45) is 6.97. The number of pyridine rings is 1. The van der Waals surface area contributed by atoms with Gasteiger partial charge in [-0.25, -0.2) is 15.0 Å². The Labute approximate surface area is 203 Å². The molecule has 7 rings (SSSR count). The molecule has 3 aliphatic rings.